The van der Waals surface area contributed by atoms with Crippen LogP contribution in [0.15, 0.2) is 23.1 Å². The van der Waals surface area contributed by atoms with Crippen LogP contribution in [0.2, 0.25) is 5.02 Å². The lowest BCUT2D eigenvalue weighted by molar-refractivity contribution is 0.0416. The van der Waals surface area contributed by atoms with Crippen LogP contribution in [0, 0.1) is 0 Å². The van der Waals surface area contributed by atoms with E-state index in [-0.39, 0.29) is 28.7 Å². The van der Waals surface area contributed by atoms with Gasteiger partial charge in [-0.05, 0) is 37.0 Å². The largest absolute Gasteiger partial charge is 0.379 e. The number of benzene rings is 1. The molecule has 0 aromatic heterocycles. The van der Waals surface area contributed by atoms with Gasteiger partial charge < -0.3 is 10.5 Å². The van der Waals surface area contributed by atoms with Crippen molar-refractivity contribution in [2.75, 3.05) is 13.2 Å². The zero-order chi connectivity index (χ0) is 13.7. The monoisotopic (exact) mass is 301 g/mol. The van der Waals surface area contributed by atoms with E-state index >= 15 is 0 Å². The van der Waals surface area contributed by atoms with Crippen molar-refractivity contribution in [3.63, 3.8) is 0 Å². The molecule has 0 radical (unpaired) electrons. The Morgan fingerprint density at radius 3 is 2.53 bits per heavy atom. The molecule has 19 heavy (non-hydrogen) atoms. The van der Waals surface area contributed by atoms with Crippen molar-refractivity contribution in [2.24, 2.45) is 5.73 Å². The van der Waals surface area contributed by atoms with E-state index in [9.17, 15) is 8.42 Å². The SMILES string of the molecule is NC1(Cc2ccc(S(=O)(=O)C3COC3)c(Cl)c2)CC1. The lowest BCUT2D eigenvalue weighted by Gasteiger charge is -2.26. The Bertz CT molecular complexity index is 606. The summed E-state index contributed by atoms with van der Waals surface area (Å²) in [6.07, 6.45) is 2.79. The van der Waals surface area contributed by atoms with Crippen LogP contribution >= 0.6 is 11.6 Å². The summed E-state index contributed by atoms with van der Waals surface area (Å²) >= 11 is 6.13. The Hall–Kier alpha value is -0.620. The molecule has 1 saturated carbocycles. The van der Waals surface area contributed by atoms with Gasteiger partial charge in [0.15, 0.2) is 9.84 Å². The Labute approximate surface area is 117 Å². The summed E-state index contributed by atoms with van der Waals surface area (Å²) in [5.41, 5.74) is 6.94. The molecule has 4 nitrogen and oxygen atoms in total. The topological polar surface area (TPSA) is 69.4 Å². The van der Waals surface area contributed by atoms with Crippen LogP contribution in [-0.2, 0) is 21.0 Å². The molecule has 0 unspecified atom stereocenters. The first-order valence-electron chi connectivity index (χ1n) is 6.30. The van der Waals surface area contributed by atoms with Crippen LogP contribution < -0.4 is 5.73 Å². The van der Waals surface area contributed by atoms with Gasteiger partial charge in [0.05, 0.1) is 23.1 Å². The van der Waals surface area contributed by atoms with Gasteiger partial charge in [0, 0.05) is 5.54 Å². The van der Waals surface area contributed by atoms with Crippen molar-refractivity contribution in [3.8, 4) is 0 Å². The number of hydrogen-bond donors (Lipinski definition) is 1. The van der Waals surface area contributed by atoms with Gasteiger partial charge in [-0.15, -0.1) is 0 Å². The van der Waals surface area contributed by atoms with E-state index in [1.807, 2.05) is 6.07 Å². The van der Waals surface area contributed by atoms with Crippen LogP contribution in [0.5, 0.6) is 0 Å². The van der Waals surface area contributed by atoms with Gasteiger partial charge in [0.2, 0.25) is 0 Å². The minimum atomic E-state index is -3.37. The Balaban J connectivity index is 1.87. The molecule has 1 aromatic carbocycles. The van der Waals surface area contributed by atoms with Gasteiger partial charge in [-0.2, -0.15) is 0 Å². The van der Waals surface area contributed by atoms with Crippen molar-refractivity contribution in [2.45, 2.75) is 34.9 Å². The molecular formula is C13H16ClNO3S. The summed E-state index contributed by atoms with van der Waals surface area (Å²) in [6.45, 7) is 0.513. The zero-order valence-corrected chi connectivity index (χ0v) is 12.0. The number of nitrogens with two attached hydrogens (primary N) is 1. The van der Waals surface area contributed by atoms with Crippen LogP contribution in [0.25, 0.3) is 0 Å². The Kier molecular flexibility index (Phi) is 3.13. The number of sulfone groups is 1. The molecule has 1 saturated heterocycles. The third-order valence-corrected chi connectivity index (χ3v) is 6.34. The van der Waals surface area contributed by atoms with Gasteiger partial charge in [0.1, 0.15) is 5.25 Å². The van der Waals surface area contributed by atoms with Crippen LogP contribution in [0.3, 0.4) is 0 Å². The minimum absolute atomic E-state index is 0.106. The molecule has 1 aromatic rings. The molecule has 0 spiro atoms. The molecular weight excluding hydrogens is 286 g/mol. The quantitative estimate of drug-likeness (QED) is 0.916. The van der Waals surface area contributed by atoms with Gasteiger partial charge >= 0.3 is 0 Å². The van der Waals surface area contributed by atoms with Gasteiger partial charge in [-0.25, -0.2) is 8.42 Å². The summed E-state index contributed by atoms with van der Waals surface area (Å²) in [4.78, 5) is 0.202. The zero-order valence-electron chi connectivity index (χ0n) is 10.4. The van der Waals surface area contributed by atoms with Crippen LogP contribution in [0.4, 0.5) is 0 Å². The fourth-order valence-electron chi connectivity index (χ4n) is 2.20. The average Bonchev–Trinajstić information content (AvgIpc) is 2.91. The molecule has 0 atom stereocenters. The molecule has 6 heteroatoms. The highest BCUT2D eigenvalue weighted by molar-refractivity contribution is 7.92. The highest BCUT2D eigenvalue weighted by Crippen LogP contribution is 2.37. The third kappa shape index (κ3) is 2.52. The van der Waals surface area contributed by atoms with Crippen LogP contribution in [-0.4, -0.2) is 32.4 Å². The molecule has 2 aliphatic rings. The second-order valence-electron chi connectivity index (χ2n) is 5.51. The normalized spacial score (nSPS) is 22.0. The fourth-order valence-corrected chi connectivity index (χ4v) is 4.23. The maximum Gasteiger partial charge on any atom is 0.187 e. The number of ether oxygens (including phenoxy) is 1. The van der Waals surface area contributed by atoms with E-state index in [0.29, 0.717) is 0 Å². The summed E-state index contributed by atoms with van der Waals surface area (Å²) in [5, 5.41) is -0.172. The number of hydrogen-bond acceptors (Lipinski definition) is 4. The Morgan fingerprint density at radius 1 is 1.37 bits per heavy atom. The van der Waals surface area contributed by atoms with E-state index in [4.69, 9.17) is 22.1 Å². The van der Waals surface area contributed by atoms with Crippen molar-refractivity contribution in [1.82, 2.24) is 0 Å². The highest BCUT2D eigenvalue weighted by atomic mass is 35.5. The van der Waals surface area contributed by atoms with Crippen molar-refractivity contribution in [3.05, 3.63) is 28.8 Å². The molecule has 1 aliphatic carbocycles. The van der Waals surface area contributed by atoms with Crippen molar-refractivity contribution < 1.29 is 13.2 Å². The van der Waals surface area contributed by atoms with E-state index in [0.717, 1.165) is 24.8 Å². The average molecular weight is 302 g/mol. The minimum Gasteiger partial charge on any atom is -0.379 e. The fraction of sp³-hybridized carbons (Fsp3) is 0.538. The molecule has 2 fully saturated rings. The van der Waals surface area contributed by atoms with Gasteiger partial charge in [-0.3, -0.25) is 0 Å². The molecule has 1 heterocycles. The van der Waals surface area contributed by atoms with Crippen LogP contribution in [0.1, 0.15) is 18.4 Å². The molecule has 3 rings (SSSR count). The van der Waals surface area contributed by atoms with E-state index in [1.165, 1.54) is 0 Å². The molecule has 0 amide bonds. The maximum absolute atomic E-state index is 12.3. The predicted octanol–water partition coefficient (Wildman–Crippen LogP) is 1.55. The maximum atomic E-state index is 12.3. The second-order valence-corrected chi connectivity index (χ2v) is 8.11. The first kappa shape index (κ1) is 13.4. The Morgan fingerprint density at radius 2 is 2.05 bits per heavy atom. The summed E-state index contributed by atoms with van der Waals surface area (Å²) < 4.78 is 29.5. The standard InChI is InChI=1S/C13H16ClNO3S/c14-11-5-9(6-13(15)3-4-13)1-2-12(11)19(16,17)10-7-18-8-10/h1-2,5,10H,3-4,6-8,15H2. The van der Waals surface area contributed by atoms with E-state index in [2.05, 4.69) is 0 Å². The summed E-state index contributed by atoms with van der Waals surface area (Å²) in [5.74, 6) is 0. The lowest BCUT2D eigenvalue weighted by atomic mass is 10.1. The number of rotatable bonds is 4. The first-order valence-corrected chi connectivity index (χ1v) is 8.22. The summed E-state index contributed by atoms with van der Waals surface area (Å²) in [6, 6.07) is 5.13. The third-order valence-electron chi connectivity index (χ3n) is 3.80. The lowest BCUT2D eigenvalue weighted by Crippen LogP contribution is -2.40. The molecule has 0 bridgehead atoms. The smallest absolute Gasteiger partial charge is 0.187 e. The summed E-state index contributed by atoms with van der Waals surface area (Å²) in [7, 11) is -3.37. The van der Waals surface area contributed by atoms with Crippen molar-refractivity contribution >= 4 is 21.4 Å². The number of halogens is 1. The van der Waals surface area contributed by atoms with Gasteiger partial charge in [0.25, 0.3) is 0 Å². The van der Waals surface area contributed by atoms with Gasteiger partial charge in [-0.1, -0.05) is 17.7 Å². The first-order chi connectivity index (χ1) is 8.91. The molecule has 1 aliphatic heterocycles. The van der Waals surface area contributed by atoms with E-state index in [1.54, 1.807) is 12.1 Å². The molecule has 104 valence electrons. The van der Waals surface area contributed by atoms with E-state index < -0.39 is 15.1 Å². The second kappa shape index (κ2) is 4.45. The highest BCUT2D eigenvalue weighted by Gasteiger charge is 2.39. The van der Waals surface area contributed by atoms with Crippen molar-refractivity contribution in [1.29, 1.82) is 0 Å². The molecule has 2 N–H and O–H groups in total. The predicted molar refractivity (Wildman–Crippen MR) is 73.1 cm³/mol.